The van der Waals surface area contributed by atoms with Crippen LogP contribution in [0.15, 0.2) is 0 Å². The van der Waals surface area contributed by atoms with Gasteiger partial charge >= 0.3 is 5.97 Å². The minimum atomic E-state index is -1.40. The molecule has 0 spiro atoms. The Labute approximate surface area is 65.7 Å². The highest BCUT2D eigenvalue weighted by Crippen LogP contribution is 2.31. The summed E-state index contributed by atoms with van der Waals surface area (Å²) in [7, 11) is 1.22. The van der Waals surface area contributed by atoms with E-state index in [1.54, 1.807) is 0 Å². The van der Waals surface area contributed by atoms with Crippen molar-refractivity contribution in [3.8, 4) is 0 Å². The third-order valence-corrected chi connectivity index (χ3v) is 2.22. The molecule has 2 nitrogen and oxygen atoms in total. The van der Waals surface area contributed by atoms with Gasteiger partial charge in [0.1, 0.15) is 0 Å². The monoisotopic (exact) mass is 160 g/mol. The van der Waals surface area contributed by atoms with Gasteiger partial charge < -0.3 is 4.74 Å². The number of rotatable bonds is 3. The number of ether oxygens (including phenoxy) is 1. The third-order valence-electron chi connectivity index (χ3n) is 2.22. The molecule has 0 aromatic heterocycles. The normalized spacial score (nSPS) is 20.5. The van der Waals surface area contributed by atoms with Gasteiger partial charge in [0.2, 0.25) is 0 Å². The highest BCUT2D eigenvalue weighted by molar-refractivity contribution is 5.74. The second kappa shape index (κ2) is 3.69. The molecule has 1 rings (SSSR count). The predicted octanol–water partition coefficient (Wildman–Crippen LogP) is 1.69. The van der Waals surface area contributed by atoms with Gasteiger partial charge in [-0.1, -0.05) is 19.3 Å². The van der Waals surface area contributed by atoms with Crippen LogP contribution in [0.2, 0.25) is 0 Å². The first-order chi connectivity index (χ1) is 5.24. The lowest BCUT2D eigenvalue weighted by Crippen LogP contribution is -2.23. The zero-order chi connectivity index (χ0) is 8.27. The first-order valence-corrected chi connectivity index (χ1v) is 3.96. The lowest BCUT2D eigenvalue weighted by Gasteiger charge is -2.25. The van der Waals surface area contributed by atoms with Crippen LogP contribution in [0, 0.1) is 5.92 Å². The molecule has 3 heteroatoms. The van der Waals surface area contributed by atoms with Gasteiger partial charge in [-0.15, -0.1) is 0 Å². The number of hydrogen-bond donors (Lipinski definition) is 0. The van der Waals surface area contributed by atoms with Crippen molar-refractivity contribution in [1.82, 2.24) is 0 Å². The van der Waals surface area contributed by atoms with Crippen LogP contribution in [-0.4, -0.2) is 19.3 Å². The lowest BCUT2D eigenvalue weighted by atomic mass is 9.82. The summed E-state index contributed by atoms with van der Waals surface area (Å²) < 4.78 is 17.1. The van der Waals surface area contributed by atoms with Crippen LogP contribution in [0.1, 0.15) is 25.7 Å². The van der Waals surface area contributed by atoms with Crippen molar-refractivity contribution in [2.45, 2.75) is 31.9 Å². The highest BCUT2D eigenvalue weighted by Gasteiger charge is 2.26. The Morgan fingerprint density at radius 2 is 2.36 bits per heavy atom. The summed E-state index contributed by atoms with van der Waals surface area (Å²) in [5.74, 6) is -0.305. The topological polar surface area (TPSA) is 26.3 Å². The van der Waals surface area contributed by atoms with Gasteiger partial charge in [-0.25, -0.2) is 9.18 Å². The van der Waals surface area contributed by atoms with Gasteiger partial charge in [0.25, 0.3) is 0 Å². The van der Waals surface area contributed by atoms with E-state index in [9.17, 15) is 9.18 Å². The molecule has 1 fully saturated rings. The fraction of sp³-hybridized carbons (Fsp3) is 0.875. The zero-order valence-electron chi connectivity index (χ0n) is 6.68. The minimum Gasteiger partial charge on any atom is -0.467 e. The maximum Gasteiger partial charge on any atom is 0.340 e. The van der Waals surface area contributed by atoms with E-state index in [0.717, 1.165) is 12.8 Å². The summed E-state index contributed by atoms with van der Waals surface area (Å²) in [6.45, 7) is 0. The van der Waals surface area contributed by atoms with Gasteiger partial charge in [0.15, 0.2) is 6.17 Å². The molecule has 0 N–H and O–H groups in total. The average Bonchev–Trinajstić information content (AvgIpc) is 1.94. The Kier molecular flexibility index (Phi) is 2.85. The molecule has 0 saturated heterocycles. The lowest BCUT2D eigenvalue weighted by molar-refractivity contribution is -0.147. The minimum absolute atomic E-state index is 0.354. The molecule has 1 atom stereocenters. The summed E-state index contributed by atoms with van der Waals surface area (Å²) in [6.07, 6.45) is 2.27. The number of alkyl halides is 1. The largest absolute Gasteiger partial charge is 0.467 e. The van der Waals surface area contributed by atoms with E-state index in [1.165, 1.54) is 13.5 Å². The molecule has 11 heavy (non-hydrogen) atoms. The summed E-state index contributed by atoms with van der Waals surface area (Å²) in [5.41, 5.74) is 0. The fourth-order valence-corrected chi connectivity index (χ4v) is 1.25. The molecule has 0 radical (unpaired) electrons. The second-order valence-corrected chi connectivity index (χ2v) is 3.02. The van der Waals surface area contributed by atoms with E-state index in [1.807, 2.05) is 0 Å². The van der Waals surface area contributed by atoms with E-state index >= 15 is 0 Å². The summed E-state index contributed by atoms with van der Waals surface area (Å²) in [4.78, 5) is 10.6. The third kappa shape index (κ3) is 2.17. The van der Waals surface area contributed by atoms with Crippen molar-refractivity contribution < 1.29 is 13.9 Å². The zero-order valence-corrected chi connectivity index (χ0v) is 6.68. The molecule has 0 aromatic carbocycles. The molecule has 1 saturated carbocycles. The Balaban J connectivity index is 2.18. The second-order valence-electron chi connectivity index (χ2n) is 3.02. The Morgan fingerprint density at radius 3 is 2.73 bits per heavy atom. The Morgan fingerprint density at radius 1 is 1.73 bits per heavy atom. The van der Waals surface area contributed by atoms with Crippen LogP contribution in [0.5, 0.6) is 0 Å². The van der Waals surface area contributed by atoms with Crippen LogP contribution in [0.4, 0.5) is 4.39 Å². The van der Waals surface area contributed by atoms with E-state index in [0.29, 0.717) is 12.3 Å². The van der Waals surface area contributed by atoms with Crippen molar-refractivity contribution in [1.29, 1.82) is 0 Å². The van der Waals surface area contributed by atoms with Crippen LogP contribution < -0.4 is 0 Å². The van der Waals surface area contributed by atoms with Crippen LogP contribution in [0.3, 0.4) is 0 Å². The molecule has 1 aliphatic rings. The Bertz CT molecular complexity index is 143. The number of carbonyl (C=O) groups is 1. The molecule has 0 aliphatic heterocycles. The standard InChI is InChI=1S/C8H13FO2/c1-11-8(10)7(9)5-6-3-2-4-6/h6-7H,2-5H2,1H3. The molecule has 0 bridgehead atoms. The van der Waals surface area contributed by atoms with Crippen molar-refractivity contribution in [2.24, 2.45) is 5.92 Å². The van der Waals surface area contributed by atoms with Gasteiger partial charge in [0.05, 0.1) is 7.11 Å². The molecule has 64 valence electrons. The van der Waals surface area contributed by atoms with Crippen molar-refractivity contribution in [3.63, 3.8) is 0 Å². The van der Waals surface area contributed by atoms with Crippen molar-refractivity contribution >= 4 is 5.97 Å². The van der Waals surface area contributed by atoms with Crippen LogP contribution in [0.25, 0.3) is 0 Å². The van der Waals surface area contributed by atoms with Crippen molar-refractivity contribution in [3.05, 3.63) is 0 Å². The number of hydrogen-bond acceptors (Lipinski definition) is 2. The number of halogens is 1. The van der Waals surface area contributed by atoms with E-state index in [4.69, 9.17) is 0 Å². The summed E-state index contributed by atoms with van der Waals surface area (Å²) in [6, 6.07) is 0. The highest BCUT2D eigenvalue weighted by atomic mass is 19.1. The van der Waals surface area contributed by atoms with Gasteiger partial charge in [-0.3, -0.25) is 0 Å². The van der Waals surface area contributed by atoms with E-state index in [2.05, 4.69) is 4.74 Å². The fourth-order valence-electron chi connectivity index (χ4n) is 1.25. The molecule has 0 amide bonds. The smallest absolute Gasteiger partial charge is 0.340 e. The van der Waals surface area contributed by atoms with E-state index in [-0.39, 0.29) is 0 Å². The van der Waals surface area contributed by atoms with E-state index < -0.39 is 12.1 Å². The Hall–Kier alpha value is -0.600. The van der Waals surface area contributed by atoms with Gasteiger partial charge in [0, 0.05) is 0 Å². The molecule has 1 unspecified atom stereocenters. The molecule has 0 aromatic rings. The van der Waals surface area contributed by atoms with Gasteiger partial charge in [-0.2, -0.15) is 0 Å². The maximum absolute atomic E-state index is 12.8. The summed E-state index contributed by atoms with van der Waals surface area (Å²) in [5, 5.41) is 0. The quantitative estimate of drug-likeness (QED) is 0.587. The van der Waals surface area contributed by atoms with Crippen LogP contribution >= 0.6 is 0 Å². The number of methoxy groups -OCH3 is 1. The van der Waals surface area contributed by atoms with Crippen molar-refractivity contribution in [2.75, 3.05) is 7.11 Å². The SMILES string of the molecule is COC(=O)C(F)CC1CCC1. The first kappa shape index (κ1) is 8.50. The number of esters is 1. The first-order valence-electron chi connectivity index (χ1n) is 3.96. The molecule has 1 aliphatic carbocycles. The average molecular weight is 160 g/mol. The summed E-state index contributed by atoms with van der Waals surface area (Å²) >= 11 is 0. The maximum atomic E-state index is 12.8. The molecule has 0 heterocycles. The van der Waals surface area contributed by atoms with Crippen LogP contribution in [-0.2, 0) is 9.53 Å². The molecular formula is C8H13FO2. The van der Waals surface area contributed by atoms with Gasteiger partial charge in [-0.05, 0) is 12.3 Å². The number of carbonyl (C=O) groups excluding carboxylic acids is 1. The molecular weight excluding hydrogens is 147 g/mol. The predicted molar refractivity (Wildman–Crippen MR) is 38.9 cm³/mol.